The van der Waals surface area contributed by atoms with E-state index in [1.807, 2.05) is 18.2 Å². The Labute approximate surface area is 175 Å². The summed E-state index contributed by atoms with van der Waals surface area (Å²) in [4.78, 5) is 16.1. The summed E-state index contributed by atoms with van der Waals surface area (Å²) < 4.78 is 28.0. The lowest BCUT2D eigenvalue weighted by atomic mass is 10.1. The molecule has 3 N–H and O–H groups in total. The van der Waals surface area contributed by atoms with Gasteiger partial charge in [0.05, 0.1) is 4.90 Å². The van der Waals surface area contributed by atoms with Crippen molar-refractivity contribution in [3.8, 4) is 0 Å². The van der Waals surface area contributed by atoms with Crippen LogP contribution in [-0.4, -0.2) is 19.4 Å². The summed E-state index contributed by atoms with van der Waals surface area (Å²) in [6.45, 7) is 0.344. The van der Waals surface area contributed by atoms with Gasteiger partial charge in [0.1, 0.15) is 0 Å². The van der Waals surface area contributed by atoms with Gasteiger partial charge in [0, 0.05) is 30.3 Å². The molecule has 2 amide bonds. The third-order valence-electron chi connectivity index (χ3n) is 4.95. The maximum absolute atomic E-state index is 12.7. The molecule has 3 aromatic rings. The van der Waals surface area contributed by atoms with E-state index in [4.69, 9.17) is 0 Å². The van der Waals surface area contributed by atoms with E-state index in [0.717, 1.165) is 24.8 Å². The normalized spacial score (nSPS) is 12.8. The maximum atomic E-state index is 12.7. The first-order chi connectivity index (χ1) is 14.5. The predicted molar refractivity (Wildman–Crippen MR) is 116 cm³/mol. The molecule has 0 saturated carbocycles. The Balaban J connectivity index is 1.36. The Kier molecular flexibility index (Phi) is 5.67. The molecule has 1 aliphatic rings. The van der Waals surface area contributed by atoms with Gasteiger partial charge in [-0.1, -0.05) is 12.1 Å². The number of urea groups is 1. The lowest BCUT2D eigenvalue weighted by molar-refractivity contribution is 0.251. The summed E-state index contributed by atoms with van der Waals surface area (Å²) in [7, 11) is -3.71. The molecule has 8 heteroatoms. The molecule has 0 bridgehead atoms. The van der Waals surface area contributed by atoms with Crippen LogP contribution in [0.2, 0.25) is 0 Å². The van der Waals surface area contributed by atoms with Crippen LogP contribution in [0.15, 0.2) is 71.9 Å². The van der Waals surface area contributed by atoms with Crippen LogP contribution in [0.1, 0.15) is 23.1 Å². The van der Waals surface area contributed by atoms with E-state index in [1.165, 1.54) is 23.3 Å². The molecule has 7 nitrogen and oxygen atoms in total. The van der Waals surface area contributed by atoms with Crippen molar-refractivity contribution in [2.75, 3.05) is 10.0 Å². The minimum absolute atomic E-state index is 0.129. The van der Waals surface area contributed by atoms with E-state index in [9.17, 15) is 13.2 Å². The number of amides is 2. The number of aromatic nitrogens is 1. The maximum Gasteiger partial charge on any atom is 0.319 e. The fourth-order valence-electron chi connectivity index (χ4n) is 3.43. The van der Waals surface area contributed by atoms with Gasteiger partial charge in [0.15, 0.2) is 0 Å². The lowest BCUT2D eigenvalue weighted by Gasteiger charge is -2.11. The highest BCUT2D eigenvalue weighted by molar-refractivity contribution is 7.92. The van der Waals surface area contributed by atoms with Crippen LogP contribution in [-0.2, 0) is 29.4 Å². The summed E-state index contributed by atoms with van der Waals surface area (Å²) in [6.07, 6.45) is 6.48. The topological polar surface area (TPSA) is 100 Å². The van der Waals surface area contributed by atoms with Crippen LogP contribution >= 0.6 is 0 Å². The zero-order chi connectivity index (χ0) is 21.0. The Bertz CT molecular complexity index is 1150. The van der Waals surface area contributed by atoms with Gasteiger partial charge in [-0.3, -0.25) is 9.71 Å². The lowest BCUT2D eigenvalue weighted by Crippen LogP contribution is -2.28. The first-order valence-corrected chi connectivity index (χ1v) is 11.2. The van der Waals surface area contributed by atoms with Crippen LogP contribution in [0.5, 0.6) is 0 Å². The molecule has 1 heterocycles. The van der Waals surface area contributed by atoms with Gasteiger partial charge in [0.2, 0.25) is 0 Å². The van der Waals surface area contributed by atoms with Crippen LogP contribution in [0.4, 0.5) is 16.2 Å². The summed E-state index contributed by atoms with van der Waals surface area (Å²) in [6, 6.07) is 15.0. The number of nitrogens with one attached hydrogen (secondary N) is 3. The third-order valence-corrected chi connectivity index (χ3v) is 6.35. The number of aryl methyl sites for hydroxylation is 2. The second-order valence-corrected chi connectivity index (χ2v) is 8.82. The van der Waals surface area contributed by atoms with Crippen LogP contribution in [0, 0.1) is 0 Å². The van der Waals surface area contributed by atoms with Crippen molar-refractivity contribution in [3.05, 3.63) is 83.7 Å². The second-order valence-electron chi connectivity index (χ2n) is 7.14. The summed E-state index contributed by atoms with van der Waals surface area (Å²) in [5.74, 6) is 0. The number of carbonyl (C=O) groups excluding carboxylic acids is 1. The van der Waals surface area contributed by atoms with Gasteiger partial charge >= 0.3 is 6.03 Å². The quantitative estimate of drug-likeness (QED) is 0.564. The molecular formula is C22H22N4O3S. The number of sulfonamides is 1. The summed E-state index contributed by atoms with van der Waals surface area (Å²) in [5.41, 5.74) is 4.43. The van der Waals surface area contributed by atoms with Crippen molar-refractivity contribution in [1.82, 2.24) is 10.3 Å². The van der Waals surface area contributed by atoms with Gasteiger partial charge in [-0.2, -0.15) is 0 Å². The number of carbonyl (C=O) groups is 1. The minimum atomic E-state index is -3.71. The first kappa shape index (κ1) is 19.9. The average Bonchev–Trinajstić information content (AvgIpc) is 3.21. The van der Waals surface area contributed by atoms with Crippen molar-refractivity contribution in [2.24, 2.45) is 0 Å². The monoisotopic (exact) mass is 422 g/mol. The van der Waals surface area contributed by atoms with Crippen molar-refractivity contribution < 1.29 is 13.2 Å². The molecule has 0 radical (unpaired) electrons. The van der Waals surface area contributed by atoms with E-state index in [1.54, 1.807) is 36.7 Å². The van der Waals surface area contributed by atoms with Gasteiger partial charge < -0.3 is 10.6 Å². The van der Waals surface area contributed by atoms with E-state index >= 15 is 0 Å². The molecule has 0 aliphatic heterocycles. The van der Waals surface area contributed by atoms with Crippen molar-refractivity contribution in [1.29, 1.82) is 0 Å². The van der Waals surface area contributed by atoms with Crippen molar-refractivity contribution in [2.45, 2.75) is 30.7 Å². The van der Waals surface area contributed by atoms with Crippen molar-refractivity contribution in [3.63, 3.8) is 0 Å². The Morgan fingerprint density at radius 3 is 2.50 bits per heavy atom. The number of benzene rings is 2. The van der Waals surface area contributed by atoms with E-state index in [-0.39, 0.29) is 10.9 Å². The highest BCUT2D eigenvalue weighted by Gasteiger charge is 2.17. The number of hydrogen-bond donors (Lipinski definition) is 3. The molecular weight excluding hydrogens is 400 g/mol. The second kappa shape index (κ2) is 8.54. The number of nitrogens with zero attached hydrogens (tertiary/aromatic N) is 1. The summed E-state index contributed by atoms with van der Waals surface area (Å²) >= 11 is 0. The number of anilines is 2. The number of fused-ring (bicyclic) bond motifs is 1. The van der Waals surface area contributed by atoms with Crippen LogP contribution in [0.25, 0.3) is 0 Å². The molecule has 0 saturated heterocycles. The standard InChI is InChI=1S/C22H22N4O3S/c27-22(24-15-16-3-2-12-23-14-16)25-19-8-10-21(11-9-19)30(28,29)26-20-7-6-17-4-1-5-18(17)13-20/h2-3,6-14,26H,1,4-5,15H2,(H2,24,25,27). The molecule has 1 aromatic heterocycles. The molecule has 0 unspecified atom stereocenters. The highest BCUT2D eigenvalue weighted by atomic mass is 32.2. The van der Waals surface area contributed by atoms with Crippen molar-refractivity contribution >= 4 is 27.4 Å². The predicted octanol–water partition coefficient (Wildman–Crippen LogP) is 3.69. The molecule has 1 aliphatic carbocycles. The zero-order valence-corrected chi connectivity index (χ0v) is 17.1. The molecule has 4 rings (SSSR count). The number of hydrogen-bond acceptors (Lipinski definition) is 4. The SMILES string of the molecule is O=C(NCc1cccnc1)Nc1ccc(S(=O)(=O)Nc2ccc3c(c2)CCC3)cc1. The third kappa shape index (κ3) is 4.77. The number of rotatable bonds is 6. The first-order valence-electron chi connectivity index (χ1n) is 9.68. The van der Waals surface area contributed by atoms with E-state index in [2.05, 4.69) is 20.3 Å². The van der Waals surface area contributed by atoms with E-state index in [0.29, 0.717) is 17.9 Å². The number of pyridine rings is 1. The highest BCUT2D eigenvalue weighted by Crippen LogP contribution is 2.26. The average molecular weight is 423 g/mol. The Hall–Kier alpha value is -3.39. The fourth-order valence-corrected chi connectivity index (χ4v) is 4.48. The molecule has 2 aromatic carbocycles. The van der Waals surface area contributed by atoms with Crippen LogP contribution in [0.3, 0.4) is 0 Å². The molecule has 0 fully saturated rings. The molecule has 30 heavy (non-hydrogen) atoms. The van der Waals surface area contributed by atoms with E-state index < -0.39 is 10.0 Å². The van der Waals surface area contributed by atoms with Gasteiger partial charge in [-0.05, 0) is 78.4 Å². The summed E-state index contributed by atoms with van der Waals surface area (Å²) in [5, 5.41) is 5.41. The fraction of sp³-hybridized carbons (Fsp3) is 0.182. The molecule has 154 valence electrons. The molecule has 0 atom stereocenters. The minimum Gasteiger partial charge on any atom is -0.334 e. The Morgan fingerprint density at radius 1 is 0.967 bits per heavy atom. The Morgan fingerprint density at radius 2 is 1.73 bits per heavy atom. The molecule has 0 spiro atoms. The zero-order valence-electron chi connectivity index (χ0n) is 16.3. The van der Waals surface area contributed by atoms with Gasteiger partial charge in [-0.15, -0.1) is 0 Å². The smallest absolute Gasteiger partial charge is 0.319 e. The van der Waals surface area contributed by atoms with Crippen LogP contribution < -0.4 is 15.4 Å². The largest absolute Gasteiger partial charge is 0.334 e. The van der Waals surface area contributed by atoms with Gasteiger partial charge in [-0.25, -0.2) is 13.2 Å². The van der Waals surface area contributed by atoms with Gasteiger partial charge in [0.25, 0.3) is 10.0 Å².